The number of pyridine rings is 1. The molecule has 3 aliphatic heterocycles. The average molecular weight is 740 g/mol. The number of amides is 3. The van der Waals surface area contributed by atoms with Crippen molar-refractivity contribution in [2.24, 2.45) is 5.16 Å². The van der Waals surface area contributed by atoms with Crippen molar-refractivity contribution in [3.63, 3.8) is 0 Å². The Morgan fingerprint density at radius 1 is 1.15 bits per heavy atom. The van der Waals surface area contributed by atoms with Crippen molar-refractivity contribution in [2.45, 2.75) is 62.7 Å². The highest BCUT2D eigenvalue weighted by Gasteiger charge is 2.54. The van der Waals surface area contributed by atoms with Crippen molar-refractivity contribution in [3.05, 3.63) is 99.5 Å². The van der Waals surface area contributed by atoms with Crippen LogP contribution in [0.1, 0.15) is 54.5 Å². The molecule has 52 heavy (non-hydrogen) atoms. The van der Waals surface area contributed by atoms with Gasteiger partial charge in [-0.25, -0.2) is 14.3 Å². The molecule has 2 atom stereocenters. The molecule has 3 amide bonds. The summed E-state index contributed by atoms with van der Waals surface area (Å²) in [5, 5.41) is 27.2. The second kappa shape index (κ2) is 15.0. The lowest BCUT2D eigenvalue weighted by atomic mass is 10.0. The van der Waals surface area contributed by atoms with Crippen LogP contribution in [-0.2, 0) is 37.1 Å². The first kappa shape index (κ1) is 34.9. The summed E-state index contributed by atoms with van der Waals surface area (Å²) < 4.78 is 2.01. The molecule has 0 bridgehead atoms. The number of likely N-dealkylation sites (tertiary alicyclic amines) is 1. The molecule has 1 saturated carbocycles. The molecule has 16 heteroatoms. The number of nitrogens with two attached hydrogens (primary N) is 1. The Morgan fingerprint density at radius 3 is 2.58 bits per heavy atom. The largest absolute Gasteiger partial charge is 0.477 e. The van der Waals surface area contributed by atoms with Crippen molar-refractivity contribution < 1.29 is 33.7 Å². The Bertz CT molecular complexity index is 2050. The number of aliphatic carboxylic acids is 1. The number of benzene rings is 1. The van der Waals surface area contributed by atoms with Crippen LogP contribution in [-0.4, -0.2) is 79.1 Å². The van der Waals surface area contributed by atoms with E-state index in [-0.39, 0.29) is 40.0 Å². The Morgan fingerprint density at radius 2 is 1.90 bits per heavy atom. The summed E-state index contributed by atoms with van der Waals surface area (Å²) in [5.74, 6) is -2.50. The fraction of sp³-hybridized carbons (Fsp3) is 0.333. The van der Waals surface area contributed by atoms with Crippen molar-refractivity contribution in [2.75, 3.05) is 18.0 Å². The number of anilines is 1. The third-order valence-corrected chi connectivity index (χ3v) is 11.4. The van der Waals surface area contributed by atoms with Gasteiger partial charge in [-0.05, 0) is 61.4 Å². The summed E-state index contributed by atoms with van der Waals surface area (Å²) in [6.07, 6.45) is 9.49. The number of nitrogen functional groups attached to an aromatic ring is 1. The maximum atomic E-state index is 13.4. The summed E-state index contributed by atoms with van der Waals surface area (Å²) in [4.78, 5) is 65.5. The van der Waals surface area contributed by atoms with Gasteiger partial charge in [-0.1, -0.05) is 17.3 Å². The number of β-lactam (4-membered cyclic amide) rings is 1. The number of thiazole rings is 1. The van der Waals surface area contributed by atoms with Crippen molar-refractivity contribution in [3.8, 4) is 6.07 Å². The van der Waals surface area contributed by atoms with E-state index in [4.69, 9.17) is 15.8 Å². The summed E-state index contributed by atoms with van der Waals surface area (Å²) >= 11 is 2.45. The zero-order valence-electron chi connectivity index (χ0n) is 27.9. The van der Waals surface area contributed by atoms with Gasteiger partial charge >= 0.3 is 5.97 Å². The molecule has 1 aromatic carbocycles. The molecule has 0 radical (unpaired) electrons. The highest BCUT2D eigenvalue weighted by Crippen LogP contribution is 2.41. The summed E-state index contributed by atoms with van der Waals surface area (Å²) in [6, 6.07) is 12.4. The molecule has 2 aromatic heterocycles. The van der Waals surface area contributed by atoms with E-state index in [2.05, 4.69) is 21.5 Å². The lowest BCUT2D eigenvalue weighted by molar-refractivity contribution is -0.688. The van der Waals surface area contributed by atoms with E-state index in [1.165, 1.54) is 16.7 Å². The predicted molar refractivity (Wildman–Crippen MR) is 191 cm³/mol. The van der Waals surface area contributed by atoms with Gasteiger partial charge in [0, 0.05) is 47.5 Å². The van der Waals surface area contributed by atoms with Gasteiger partial charge in [0.05, 0.1) is 11.6 Å². The zero-order chi connectivity index (χ0) is 36.4. The average Bonchev–Trinajstić information content (AvgIpc) is 3.91. The number of oxime groups is 1. The molecule has 4 aliphatic rings. The van der Waals surface area contributed by atoms with E-state index in [0.29, 0.717) is 42.8 Å². The minimum absolute atomic E-state index is 0.103. The molecule has 0 spiro atoms. The van der Waals surface area contributed by atoms with Gasteiger partial charge in [0.2, 0.25) is 5.91 Å². The van der Waals surface area contributed by atoms with E-state index in [9.17, 15) is 24.3 Å². The van der Waals surface area contributed by atoms with Gasteiger partial charge < -0.3 is 25.9 Å². The van der Waals surface area contributed by atoms with Crippen LogP contribution in [0.5, 0.6) is 0 Å². The van der Waals surface area contributed by atoms with Crippen LogP contribution in [0, 0.1) is 11.3 Å². The first-order valence-corrected chi connectivity index (χ1v) is 18.8. The van der Waals surface area contributed by atoms with E-state index in [0.717, 1.165) is 48.1 Å². The number of fused-ring (bicyclic) bond motifs is 1. The zero-order valence-corrected chi connectivity index (χ0v) is 29.6. The number of nitriles is 1. The molecule has 1 aliphatic carbocycles. The van der Waals surface area contributed by atoms with E-state index < -0.39 is 29.2 Å². The predicted octanol–water partition coefficient (Wildman–Crippen LogP) is 2.69. The Balaban J connectivity index is 1.00. The summed E-state index contributed by atoms with van der Waals surface area (Å²) in [7, 11) is 0. The molecule has 0 unspecified atom stereocenters. The molecule has 4 N–H and O–H groups in total. The van der Waals surface area contributed by atoms with E-state index in [1.54, 1.807) is 28.5 Å². The molecule has 14 nitrogen and oxygen atoms in total. The first-order chi connectivity index (χ1) is 25.2. The van der Waals surface area contributed by atoms with Crippen LogP contribution < -0.4 is 15.6 Å². The first-order valence-electron chi connectivity index (χ1n) is 16.8. The van der Waals surface area contributed by atoms with Gasteiger partial charge in [-0.15, -0.1) is 23.1 Å². The molecular formula is C36H35N8O6S2+. The monoisotopic (exact) mass is 739 g/mol. The third-order valence-electron chi connectivity index (χ3n) is 9.41. The number of thioether (sulfide) groups is 1. The lowest BCUT2D eigenvalue weighted by Gasteiger charge is -2.49. The number of allylic oxidation sites excluding steroid dienone is 1. The minimum Gasteiger partial charge on any atom is -0.477 e. The number of carboxylic acid groups (broad SMARTS) is 1. The second-order valence-corrected chi connectivity index (χ2v) is 14.9. The number of aromatic nitrogens is 2. The number of carboxylic acids is 1. The van der Waals surface area contributed by atoms with Gasteiger partial charge in [0.15, 0.2) is 29.8 Å². The molecule has 2 saturated heterocycles. The lowest BCUT2D eigenvalue weighted by Crippen LogP contribution is -2.71. The van der Waals surface area contributed by atoms with Crippen molar-refractivity contribution in [1.82, 2.24) is 20.1 Å². The van der Waals surface area contributed by atoms with Gasteiger partial charge in [0.1, 0.15) is 28.9 Å². The van der Waals surface area contributed by atoms with Crippen LogP contribution in [0.3, 0.4) is 0 Å². The van der Waals surface area contributed by atoms with Crippen LogP contribution >= 0.6 is 23.1 Å². The quantitative estimate of drug-likeness (QED) is 0.0865. The third kappa shape index (κ3) is 7.28. The summed E-state index contributed by atoms with van der Waals surface area (Å²) in [5.41, 5.74) is 9.19. The molecule has 5 heterocycles. The smallest absolute Gasteiger partial charge is 0.352 e. The van der Waals surface area contributed by atoms with Crippen LogP contribution in [0.15, 0.2) is 82.2 Å². The van der Waals surface area contributed by atoms with Crippen LogP contribution in [0.25, 0.3) is 0 Å². The number of hydrogen-bond acceptors (Lipinski definition) is 11. The van der Waals surface area contributed by atoms with Crippen molar-refractivity contribution >= 4 is 57.6 Å². The molecule has 7 rings (SSSR count). The van der Waals surface area contributed by atoms with Crippen LogP contribution in [0.4, 0.5) is 5.13 Å². The molecule has 3 fully saturated rings. The number of nitrogens with zero attached hydrogens (tertiary/aromatic N) is 6. The van der Waals surface area contributed by atoms with Crippen LogP contribution in [0.2, 0.25) is 0 Å². The SMILES string of the molecule is N#Cc1ccc(C[n+]2ccc(CN3CCC(=CC4=C(C(=O)O)N5C(=O)[C@@H](NC(=O)C(=NOC6CCCC6)c6csc(N)n6)[C@H]5SC4)C3=O)cc2)cc1. The second-order valence-electron chi connectivity index (χ2n) is 12.9. The number of carbonyl (C=O) groups excluding carboxylic acids is 3. The van der Waals surface area contributed by atoms with E-state index >= 15 is 0 Å². The maximum Gasteiger partial charge on any atom is 0.352 e. The molecule has 266 valence electrons. The minimum atomic E-state index is -1.29. The highest BCUT2D eigenvalue weighted by molar-refractivity contribution is 8.00. The van der Waals surface area contributed by atoms with Gasteiger partial charge in [-0.2, -0.15) is 5.26 Å². The fourth-order valence-corrected chi connectivity index (χ4v) is 8.52. The Kier molecular flexibility index (Phi) is 10.1. The Labute approximate surface area is 307 Å². The van der Waals surface area contributed by atoms with E-state index in [1.807, 2.05) is 41.2 Å². The maximum absolute atomic E-state index is 13.4. The number of nitrogens with one attached hydrogen (secondary N) is 1. The van der Waals surface area contributed by atoms with Gasteiger partial charge in [-0.3, -0.25) is 19.3 Å². The number of rotatable bonds is 11. The molecule has 3 aromatic rings. The fourth-order valence-electron chi connectivity index (χ4n) is 6.66. The number of hydrogen-bond donors (Lipinski definition) is 3. The number of carbonyl (C=O) groups is 4. The standard InChI is InChI=1S/C36H34N8O6S2/c37-16-21-5-7-22(8-6-21)17-42-12-9-23(10-13-42)18-43-14-11-24(32(43)46)15-25-19-51-34-29(33(47)44(34)30(25)35(48)49)40-31(45)28(27-20-52-36(38)39-27)41-50-26-3-1-2-4-26/h5-10,12-13,15,20,26,29,34H,1-4,11,14,17-19H2,(H3-,38,39,40,45,48,49)/p+1/t29-,34-/m1/s1. The normalized spacial score (nSPS) is 21.3. The summed E-state index contributed by atoms with van der Waals surface area (Å²) in [6.45, 7) is 1.51. The Hall–Kier alpha value is -5.53. The highest BCUT2D eigenvalue weighted by atomic mass is 32.2. The topological polar surface area (TPSA) is 195 Å². The van der Waals surface area contributed by atoms with Crippen molar-refractivity contribution in [1.29, 1.82) is 5.26 Å². The molecular weight excluding hydrogens is 705 g/mol. The van der Waals surface area contributed by atoms with Gasteiger partial charge in [0.25, 0.3) is 11.8 Å².